The lowest BCUT2D eigenvalue weighted by molar-refractivity contribution is 0.0330. The fourth-order valence-corrected chi connectivity index (χ4v) is 5.65. The summed E-state index contributed by atoms with van der Waals surface area (Å²) in [5.74, 6) is 1.53. The molecule has 1 aromatic carbocycles. The molecule has 214 valence electrons. The predicted molar refractivity (Wildman–Crippen MR) is 150 cm³/mol. The molecule has 10 nitrogen and oxygen atoms in total. The highest BCUT2D eigenvalue weighted by atomic mass is 16.5. The Morgan fingerprint density at radius 2 is 1.95 bits per heavy atom. The summed E-state index contributed by atoms with van der Waals surface area (Å²) in [5.41, 5.74) is 1.89. The molecule has 3 N–H and O–H groups in total. The molecule has 3 atom stereocenters. The number of rotatable bonds is 8. The first-order valence-corrected chi connectivity index (χ1v) is 14.1. The molecule has 1 aliphatic heterocycles. The number of likely N-dealkylation sites (N-methyl/N-ethyl adjacent to an activating group) is 1. The van der Waals surface area contributed by atoms with Crippen molar-refractivity contribution in [3.8, 4) is 5.75 Å². The highest BCUT2D eigenvalue weighted by Crippen LogP contribution is 2.31. The van der Waals surface area contributed by atoms with Gasteiger partial charge in [-0.2, -0.15) is 0 Å². The molecule has 4 rings (SSSR count). The van der Waals surface area contributed by atoms with Gasteiger partial charge in [-0.25, -0.2) is 4.79 Å². The number of hydrogen-bond acceptors (Lipinski definition) is 7. The highest BCUT2D eigenvalue weighted by Gasteiger charge is 2.34. The lowest BCUT2D eigenvalue weighted by atomic mass is 9.89. The predicted octanol–water partition coefficient (Wildman–Crippen LogP) is 4.67. The number of nitrogens with one attached hydrogen (secondary N) is 2. The van der Waals surface area contributed by atoms with E-state index in [1.54, 1.807) is 36.9 Å². The molecule has 39 heavy (non-hydrogen) atoms. The van der Waals surface area contributed by atoms with Gasteiger partial charge in [0.1, 0.15) is 23.2 Å². The van der Waals surface area contributed by atoms with E-state index in [9.17, 15) is 14.7 Å². The van der Waals surface area contributed by atoms with Gasteiger partial charge in [0.2, 0.25) is 0 Å². The lowest BCUT2D eigenvalue weighted by Gasteiger charge is -2.38. The number of aromatic nitrogens is 1. The van der Waals surface area contributed by atoms with Gasteiger partial charge in [-0.05, 0) is 64.8 Å². The first-order valence-electron chi connectivity index (χ1n) is 14.1. The number of carbonyl (C=O) groups is 2. The van der Waals surface area contributed by atoms with Gasteiger partial charge in [0.05, 0.1) is 18.2 Å². The molecule has 1 saturated carbocycles. The molecule has 10 heteroatoms. The van der Waals surface area contributed by atoms with Gasteiger partial charge < -0.3 is 34.8 Å². The Balaban J connectivity index is 1.54. The van der Waals surface area contributed by atoms with Gasteiger partial charge >= 0.3 is 6.03 Å². The van der Waals surface area contributed by atoms with Crippen LogP contribution in [0.5, 0.6) is 5.75 Å². The fourth-order valence-electron chi connectivity index (χ4n) is 5.65. The van der Waals surface area contributed by atoms with Crippen LogP contribution in [0.2, 0.25) is 0 Å². The Morgan fingerprint density at radius 1 is 1.21 bits per heavy atom. The molecule has 1 fully saturated rings. The summed E-state index contributed by atoms with van der Waals surface area (Å²) in [7, 11) is 2.15. The quantitative estimate of drug-likeness (QED) is 0.444. The molecule has 0 saturated heterocycles. The summed E-state index contributed by atoms with van der Waals surface area (Å²) in [6, 6.07) is 4.28. The zero-order valence-corrected chi connectivity index (χ0v) is 23.8. The van der Waals surface area contributed by atoms with Crippen LogP contribution in [-0.4, -0.2) is 77.4 Å². The van der Waals surface area contributed by atoms with Crippen LogP contribution < -0.4 is 15.4 Å². The third-order valence-corrected chi connectivity index (χ3v) is 7.98. The number of benzene rings is 1. The number of amides is 3. The zero-order chi connectivity index (χ0) is 28.1. The molecule has 0 unspecified atom stereocenters. The second kappa shape index (κ2) is 12.8. The van der Waals surface area contributed by atoms with Crippen molar-refractivity contribution >= 4 is 23.3 Å². The van der Waals surface area contributed by atoms with Crippen LogP contribution in [0.25, 0.3) is 0 Å². The average Bonchev–Trinajstić information content (AvgIpc) is 3.23. The summed E-state index contributed by atoms with van der Waals surface area (Å²) < 4.78 is 11.6. The molecule has 0 spiro atoms. The summed E-state index contributed by atoms with van der Waals surface area (Å²) in [4.78, 5) is 30.5. The number of carbonyl (C=O) groups excluding carboxylic acids is 2. The van der Waals surface area contributed by atoms with Gasteiger partial charge in [0.15, 0.2) is 5.76 Å². The van der Waals surface area contributed by atoms with Crippen LogP contribution in [0.15, 0.2) is 22.7 Å². The molecule has 0 radical (unpaired) electrons. The Kier molecular flexibility index (Phi) is 9.50. The Hall–Kier alpha value is -3.11. The van der Waals surface area contributed by atoms with Crippen LogP contribution in [-0.2, 0) is 0 Å². The van der Waals surface area contributed by atoms with Crippen LogP contribution in [0.4, 0.5) is 16.2 Å². The van der Waals surface area contributed by atoms with E-state index in [0.29, 0.717) is 40.7 Å². The summed E-state index contributed by atoms with van der Waals surface area (Å²) >= 11 is 0. The normalized spacial score (nSPS) is 21.1. The van der Waals surface area contributed by atoms with Crippen LogP contribution in [0.1, 0.15) is 67.8 Å². The van der Waals surface area contributed by atoms with Crippen molar-refractivity contribution in [2.45, 2.75) is 71.9 Å². The van der Waals surface area contributed by atoms with Crippen molar-refractivity contribution in [2.75, 3.05) is 43.9 Å². The smallest absolute Gasteiger partial charge is 0.323 e. The molecule has 0 bridgehead atoms. The van der Waals surface area contributed by atoms with Crippen molar-refractivity contribution in [2.24, 2.45) is 11.8 Å². The molecule has 1 aromatic heterocycles. The third kappa shape index (κ3) is 7.10. The van der Waals surface area contributed by atoms with Crippen LogP contribution >= 0.6 is 0 Å². The maximum atomic E-state index is 13.7. The van der Waals surface area contributed by atoms with Crippen molar-refractivity contribution in [3.63, 3.8) is 0 Å². The number of aliphatic hydroxyl groups excluding tert-OH is 1. The molecular formula is C29H43N5O5. The first-order chi connectivity index (χ1) is 18.7. The number of hydrogen-bond donors (Lipinski definition) is 3. The van der Waals surface area contributed by atoms with E-state index < -0.39 is 6.03 Å². The zero-order valence-electron chi connectivity index (χ0n) is 23.8. The maximum absolute atomic E-state index is 13.7. The minimum absolute atomic E-state index is 0.0588. The summed E-state index contributed by atoms with van der Waals surface area (Å²) in [6.07, 6.45) is 6.38. The van der Waals surface area contributed by atoms with Crippen molar-refractivity contribution < 1.29 is 24.0 Å². The van der Waals surface area contributed by atoms with E-state index in [4.69, 9.17) is 9.26 Å². The van der Waals surface area contributed by atoms with Gasteiger partial charge in [0.25, 0.3) is 5.91 Å². The van der Waals surface area contributed by atoms with Crippen molar-refractivity contribution in [1.29, 1.82) is 0 Å². The number of ether oxygens (including phenoxy) is 1. The van der Waals surface area contributed by atoms with Gasteiger partial charge in [-0.3, -0.25) is 4.79 Å². The maximum Gasteiger partial charge on any atom is 0.323 e. The molecule has 1 aliphatic carbocycles. The SMILES string of the molecule is Cc1noc(C)c1NC(=O)Nc1ccc2c(c1)C(=O)N([C@H](C)CO)C[C@@H](C)[C@H](CN(C)CC1CCCCC1)O2. The number of fused-ring (bicyclic) bond motifs is 1. The van der Waals surface area contributed by atoms with E-state index in [1.165, 1.54) is 32.1 Å². The molecule has 2 aliphatic rings. The number of aryl methyl sites for hydroxylation is 2. The van der Waals surface area contributed by atoms with E-state index >= 15 is 0 Å². The molecule has 3 amide bonds. The minimum Gasteiger partial charge on any atom is -0.488 e. The topological polar surface area (TPSA) is 120 Å². The number of aliphatic hydroxyl groups is 1. The number of anilines is 2. The van der Waals surface area contributed by atoms with Gasteiger partial charge in [-0.15, -0.1) is 0 Å². The Bertz CT molecular complexity index is 1130. The van der Waals surface area contributed by atoms with E-state index in [1.807, 2.05) is 6.92 Å². The lowest BCUT2D eigenvalue weighted by Crippen LogP contribution is -2.50. The van der Waals surface area contributed by atoms with E-state index in [-0.39, 0.29) is 30.6 Å². The standard InChI is InChI=1S/C29H43N5O5/c1-18-14-34(19(2)17-35)28(36)24-13-23(30-29(37)31-27-20(3)32-39-21(27)4)11-12-25(24)38-26(18)16-33(5)15-22-9-7-6-8-10-22/h11-13,18-19,22,26,35H,6-10,14-17H2,1-5H3,(H2,30,31,37)/t18-,19-,26+/m1/s1. The van der Waals surface area contributed by atoms with Crippen molar-refractivity contribution in [1.82, 2.24) is 15.0 Å². The second-order valence-electron chi connectivity index (χ2n) is 11.3. The first kappa shape index (κ1) is 28.9. The molecule has 2 heterocycles. The highest BCUT2D eigenvalue weighted by molar-refractivity contribution is 6.03. The fraction of sp³-hybridized carbons (Fsp3) is 0.621. The second-order valence-corrected chi connectivity index (χ2v) is 11.3. The Morgan fingerprint density at radius 3 is 2.62 bits per heavy atom. The third-order valence-electron chi connectivity index (χ3n) is 7.98. The average molecular weight is 542 g/mol. The summed E-state index contributed by atoms with van der Waals surface area (Å²) in [6.45, 7) is 9.52. The molecular weight excluding hydrogens is 498 g/mol. The van der Waals surface area contributed by atoms with Crippen molar-refractivity contribution in [3.05, 3.63) is 35.2 Å². The van der Waals surface area contributed by atoms with Crippen LogP contribution in [0.3, 0.4) is 0 Å². The van der Waals surface area contributed by atoms with Crippen LogP contribution in [0, 0.1) is 25.7 Å². The summed E-state index contributed by atoms with van der Waals surface area (Å²) in [5, 5.41) is 19.3. The minimum atomic E-state index is -0.472. The molecule has 2 aromatic rings. The van der Waals surface area contributed by atoms with Gasteiger partial charge in [0, 0.05) is 31.2 Å². The van der Waals surface area contributed by atoms with E-state index in [2.05, 4.69) is 34.7 Å². The largest absolute Gasteiger partial charge is 0.488 e. The monoisotopic (exact) mass is 541 g/mol. The van der Waals surface area contributed by atoms with E-state index in [0.717, 1.165) is 19.0 Å². The number of urea groups is 1. The number of nitrogens with zero attached hydrogens (tertiary/aromatic N) is 3. The van der Waals surface area contributed by atoms with Gasteiger partial charge in [-0.1, -0.05) is 31.3 Å². The Labute approximate surface area is 231 Å².